The van der Waals surface area contributed by atoms with Crippen LogP contribution in [0.15, 0.2) is 24.3 Å². The van der Waals surface area contributed by atoms with Gasteiger partial charge in [0.2, 0.25) is 0 Å². The standard InChI is InChI=1S/C24H26N2O3/c1-14(27)18-12-19-21(13-23(18)29)26(11-9-15-4-3-10-25(15)2)20-7-5-16-17(24(19)20)6-8-22(16)28/h5,7,12-13,15,29H,3-4,6,8-11H2,1-2H3. The summed E-state index contributed by atoms with van der Waals surface area (Å²) in [5.74, 6) is 0.0715. The first-order valence-corrected chi connectivity index (χ1v) is 10.5. The quantitative estimate of drug-likeness (QED) is 0.674. The minimum absolute atomic E-state index is 0.0276. The summed E-state index contributed by atoms with van der Waals surface area (Å²) in [6.45, 7) is 3.47. The molecule has 0 bridgehead atoms. The molecule has 0 saturated carbocycles. The number of nitrogens with zero attached hydrogens (tertiary/aromatic N) is 2. The molecule has 0 radical (unpaired) electrons. The van der Waals surface area contributed by atoms with Gasteiger partial charge in [0.1, 0.15) is 5.75 Å². The number of hydrogen-bond donors (Lipinski definition) is 1. The van der Waals surface area contributed by atoms with Gasteiger partial charge in [0, 0.05) is 46.9 Å². The van der Waals surface area contributed by atoms with Crippen LogP contribution in [0.2, 0.25) is 0 Å². The summed E-state index contributed by atoms with van der Waals surface area (Å²) < 4.78 is 2.27. The number of hydrogen-bond acceptors (Lipinski definition) is 4. The Labute approximate surface area is 169 Å². The molecule has 3 aromatic rings. The van der Waals surface area contributed by atoms with Gasteiger partial charge in [-0.1, -0.05) is 0 Å². The SMILES string of the molecule is CC(=O)c1cc2c3c4c(ccc3n(CCC3CCCN3C)c2cc1O)C(=O)CC4. The Kier molecular flexibility index (Phi) is 4.24. The van der Waals surface area contributed by atoms with Gasteiger partial charge in [-0.25, -0.2) is 0 Å². The van der Waals surface area contributed by atoms with E-state index in [0.29, 0.717) is 18.0 Å². The van der Waals surface area contributed by atoms with Crippen LogP contribution >= 0.6 is 0 Å². The van der Waals surface area contributed by atoms with Crippen LogP contribution in [0.4, 0.5) is 0 Å². The summed E-state index contributed by atoms with van der Waals surface area (Å²) >= 11 is 0. The van der Waals surface area contributed by atoms with Gasteiger partial charge in [-0.2, -0.15) is 0 Å². The van der Waals surface area contributed by atoms with Crippen molar-refractivity contribution in [2.45, 2.75) is 51.6 Å². The Morgan fingerprint density at radius 2 is 2.03 bits per heavy atom. The zero-order valence-corrected chi connectivity index (χ0v) is 17.0. The van der Waals surface area contributed by atoms with Gasteiger partial charge in [0.05, 0.1) is 11.1 Å². The molecule has 2 aromatic carbocycles. The van der Waals surface area contributed by atoms with E-state index >= 15 is 0 Å². The van der Waals surface area contributed by atoms with E-state index in [-0.39, 0.29) is 17.3 Å². The van der Waals surface area contributed by atoms with Crippen molar-refractivity contribution in [3.63, 3.8) is 0 Å². The summed E-state index contributed by atoms with van der Waals surface area (Å²) in [6, 6.07) is 8.11. The first-order chi connectivity index (χ1) is 14.0. The average molecular weight is 390 g/mol. The normalized spacial score (nSPS) is 19.5. The van der Waals surface area contributed by atoms with Gasteiger partial charge in [0.15, 0.2) is 11.6 Å². The van der Waals surface area contributed by atoms with Crippen molar-refractivity contribution >= 4 is 33.4 Å². The fraction of sp³-hybridized carbons (Fsp3) is 0.417. The molecule has 5 heteroatoms. The molecule has 2 aliphatic rings. The van der Waals surface area contributed by atoms with Crippen molar-refractivity contribution in [2.75, 3.05) is 13.6 Å². The van der Waals surface area contributed by atoms with Crippen LogP contribution < -0.4 is 0 Å². The second-order valence-electron chi connectivity index (χ2n) is 8.57. The number of aromatic hydroxyl groups is 1. The minimum atomic E-state index is -0.151. The maximum Gasteiger partial charge on any atom is 0.163 e. The number of fused-ring (bicyclic) bond motifs is 5. The lowest BCUT2D eigenvalue weighted by Gasteiger charge is -2.20. The molecule has 1 fully saturated rings. The van der Waals surface area contributed by atoms with Gasteiger partial charge in [-0.05, 0) is 70.0 Å². The highest BCUT2D eigenvalue weighted by Gasteiger charge is 2.27. The molecule has 29 heavy (non-hydrogen) atoms. The van der Waals surface area contributed by atoms with Crippen LogP contribution in [-0.4, -0.2) is 45.8 Å². The maximum absolute atomic E-state index is 12.3. The summed E-state index contributed by atoms with van der Waals surface area (Å²) in [5, 5.41) is 12.5. The molecule has 5 rings (SSSR count). The van der Waals surface area contributed by atoms with Crippen LogP contribution in [0.3, 0.4) is 0 Å². The number of aromatic nitrogens is 1. The highest BCUT2D eigenvalue weighted by atomic mass is 16.3. The fourth-order valence-corrected chi connectivity index (χ4v) is 5.33. The lowest BCUT2D eigenvalue weighted by atomic mass is 10.0. The molecular weight excluding hydrogens is 364 g/mol. The van der Waals surface area contributed by atoms with Crippen LogP contribution in [0.25, 0.3) is 21.8 Å². The Morgan fingerprint density at radius 3 is 2.76 bits per heavy atom. The third-order valence-electron chi connectivity index (χ3n) is 6.90. The third-order valence-corrected chi connectivity index (χ3v) is 6.90. The summed E-state index contributed by atoms with van der Waals surface area (Å²) in [5.41, 5.74) is 4.28. The van der Waals surface area contributed by atoms with Gasteiger partial charge in [-0.15, -0.1) is 0 Å². The average Bonchev–Trinajstić information content (AvgIpc) is 3.35. The Morgan fingerprint density at radius 1 is 1.21 bits per heavy atom. The molecule has 150 valence electrons. The van der Waals surface area contributed by atoms with Gasteiger partial charge < -0.3 is 14.6 Å². The zero-order valence-electron chi connectivity index (χ0n) is 17.0. The minimum Gasteiger partial charge on any atom is -0.507 e. The van der Waals surface area contributed by atoms with Crippen LogP contribution in [-0.2, 0) is 13.0 Å². The van der Waals surface area contributed by atoms with Crippen molar-refractivity contribution in [3.05, 3.63) is 41.0 Å². The second-order valence-corrected chi connectivity index (χ2v) is 8.57. The third kappa shape index (κ3) is 2.79. The number of carbonyl (C=O) groups is 2. The van der Waals surface area contributed by atoms with E-state index in [4.69, 9.17) is 0 Å². The zero-order chi connectivity index (χ0) is 20.3. The molecule has 1 atom stereocenters. The van der Waals surface area contributed by atoms with Crippen molar-refractivity contribution in [3.8, 4) is 5.75 Å². The highest BCUT2D eigenvalue weighted by Crippen LogP contribution is 2.39. The smallest absolute Gasteiger partial charge is 0.163 e. The first kappa shape index (κ1) is 18.4. The molecule has 1 N–H and O–H groups in total. The number of benzene rings is 2. The molecular formula is C24H26N2O3. The molecule has 1 aromatic heterocycles. The van der Waals surface area contributed by atoms with E-state index in [2.05, 4.69) is 16.5 Å². The summed E-state index contributed by atoms with van der Waals surface area (Å²) in [7, 11) is 2.19. The fourth-order valence-electron chi connectivity index (χ4n) is 5.33. The van der Waals surface area contributed by atoms with Crippen molar-refractivity contribution in [1.82, 2.24) is 9.47 Å². The summed E-state index contributed by atoms with van der Waals surface area (Å²) in [4.78, 5) is 26.8. The molecule has 1 aliphatic heterocycles. The number of phenols is 1. The number of ketones is 2. The van der Waals surface area contributed by atoms with E-state index in [0.717, 1.165) is 58.9 Å². The van der Waals surface area contributed by atoms with E-state index in [1.807, 2.05) is 18.2 Å². The van der Waals surface area contributed by atoms with Gasteiger partial charge in [-0.3, -0.25) is 9.59 Å². The van der Waals surface area contributed by atoms with Crippen LogP contribution in [0.5, 0.6) is 5.75 Å². The Bertz CT molecular complexity index is 1170. The number of rotatable bonds is 4. The van der Waals surface area contributed by atoms with Gasteiger partial charge >= 0.3 is 0 Å². The van der Waals surface area contributed by atoms with Crippen LogP contribution in [0.1, 0.15) is 58.9 Å². The van der Waals surface area contributed by atoms with Crippen LogP contribution in [0, 0.1) is 0 Å². The Balaban J connectivity index is 1.73. The molecule has 5 nitrogen and oxygen atoms in total. The van der Waals surface area contributed by atoms with E-state index < -0.39 is 0 Å². The van der Waals surface area contributed by atoms with E-state index in [1.54, 1.807) is 6.07 Å². The van der Waals surface area contributed by atoms with E-state index in [9.17, 15) is 14.7 Å². The maximum atomic E-state index is 12.3. The predicted octanol–water partition coefficient (Wildman–Crippen LogP) is 4.32. The topological polar surface area (TPSA) is 62.5 Å². The highest BCUT2D eigenvalue weighted by molar-refractivity contribution is 6.16. The predicted molar refractivity (Wildman–Crippen MR) is 114 cm³/mol. The number of Topliss-reactive ketones (excluding diaryl/α,β-unsaturated/α-hetero) is 2. The number of carbonyl (C=O) groups excluding carboxylic acids is 2. The molecule has 2 heterocycles. The molecule has 1 aliphatic carbocycles. The molecule has 1 saturated heterocycles. The van der Waals surface area contributed by atoms with E-state index in [1.165, 1.54) is 19.8 Å². The number of phenolic OH excluding ortho intramolecular Hbond substituents is 1. The van der Waals surface area contributed by atoms with Gasteiger partial charge in [0.25, 0.3) is 0 Å². The number of aryl methyl sites for hydroxylation is 2. The van der Waals surface area contributed by atoms with Crippen molar-refractivity contribution in [1.29, 1.82) is 0 Å². The largest absolute Gasteiger partial charge is 0.507 e. The van der Waals surface area contributed by atoms with Crippen molar-refractivity contribution < 1.29 is 14.7 Å². The summed E-state index contributed by atoms with van der Waals surface area (Å²) in [6.07, 6.45) is 4.79. The number of likely N-dealkylation sites (tertiary alicyclic amines) is 1. The lowest BCUT2D eigenvalue weighted by Crippen LogP contribution is -2.26. The molecule has 0 amide bonds. The van der Waals surface area contributed by atoms with Crippen molar-refractivity contribution in [2.24, 2.45) is 0 Å². The second kappa shape index (κ2) is 6.70. The molecule has 0 spiro atoms. The Hall–Kier alpha value is -2.66. The first-order valence-electron chi connectivity index (χ1n) is 10.5. The molecule has 1 unspecified atom stereocenters. The monoisotopic (exact) mass is 390 g/mol. The lowest BCUT2D eigenvalue weighted by molar-refractivity contribution is 0.0991.